The molecule has 3 N–H and O–H groups in total. The van der Waals surface area contributed by atoms with Crippen LogP contribution in [0, 0.1) is 0 Å². The van der Waals surface area contributed by atoms with Crippen molar-refractivity contribution in [2.45, 2.75) is 6.18 Å². The van der Waals surface area contributed by atoms with E-state index in [1.165, 1.54) is 31.5 Å². The lowest BCUT2D eigenvalue weighted by Crippen LogP contribution is -2.24. The summed E-state index contributed by atoms with van der Waals surface area (Å²) in [5.74, 6) is 0.114. The highest BCUT2D eigenvalue weighted by Crippen LogP contribution is 2.36. The minimum absolute atomic E-state index is 0.117. The summed E-state index contributed by atoms with van der Waals surface area (Å²) in [6.45, 7) is 3.27. The summed E-state index contributed by atoms with van der Waals surface area (Å²) >= 11 is 0. The SMILES string of the molecule is C=C(c1nc(/C=C/CNC(=O)c2ccc(OC)cn2)cc2c(N)cccc12)C(F)(F)F. The number of aromatic nitrogens is 2. The highest BCUT2D eigenvalue weighted by Gasteiger charge is 2.35. The standard InChI is InChI=1S/C22H19F3N4O2/c1-13(22(23,24)25)20-16-6-3-7-18(26)17(16)11-14(29-20)5-4-10-27-21(30)19-9-8-15(31-2)12-28-19/h3-9,11-12H,1,10,26H2,2H3,(H,27,30)/b5-4+. The number of benzene rings is 1. The van der Waals surface area contributed by atoms with Crippen LogP contribution in [0.15, 0.2) is 55.3 Å². The number of rotatable bonds is 6. The number of hydrogen-bond donors (Lipinski definition) is 2. The number of nitrogens with one attached hydrogen (secondary N) is 1. The second-order valence-electron chi connectivity index (χ2n) is 6.51. The molecular formula is C22H19F3N4O2. The molecule has 160 valence electrons. The van der Waals surface area contributed by atoms with E-state index in [4.69, 9.17) is 10.5 Å². The Morgan fingerprint density at radius 1 is 1.26 bits per heavy atom. The van der Waals surface area contributed by atoms with Crippen LogP contribution in [0.5, 0.6) is 5.75 Å². The maximum Gasteiger partial charge on any atom is 0.417 e. The number of nitrogens with two attached hydrogens (primary N) is 1. The Balaban J connectivity index is 1.80. The van der Waals surface area contributed by atoms with Gasteiger partial charge in [-0.05, 0) is 30.3 Å². The van der Waals surface area contributed by atoms with Crippen LogP contribution in [-0.2, 0) is 0 Å². The van der Waals surface area contributed by atoms with Crippen molar-refractivity contribution in [2.75, 3.05) is 19.4 Å². The molecule has 0 spiro atoms. The second kappa shape index (κ2) is 8.86. The van der Waals surface area contributed by atoms with Gasteiger partial charge in [-0.15, -0.1) is 0 Å². The number of pyridine rings is 2. The molecule has 0 saturated heterocycles. The quantitative estimate of drug-likeness (QED) is 0.573. The van der Waals surface area contributed by atoms with Gasteiger partial charge in [-0.25, -0.2) is 9.97 Å². The highest BCUT2D eigenvalue weighted by atomic mass is 19.4. The lowest BCUT2D eigenvalue weighted by atomic mass is 10.0. The maximum absolute atomic E-state index is 13.2. The molecular weight excluding hydrogens is 409 g/mol. The van der Waals surface area contributed by atoms with Crippen LogP contribution in [-0.4, -0.2) is 35.7 Å². The van der Waals surface area contributed by atoms with E-state index in [1.807, 2.05) is 0 Å². The Kier molecular flexibility index (Phi) is 6.24. The number of halogens is 3. The van der Waals surface area contributed by atoms with E-state index in [9.17, 15) is 18.0 Å². The molecule has 0 aliphatic heterocycles. The molecule has 2 heterocycles. The summed E-state index contributed by atoms with van der Waals surface area (Å²) in [6, 6.07) is 9.38. The van der Waals surface area contributed by atoms with Crippen molar-refractivity contribution >= 4 is 34.0 Å². The van der Waals surface area contributed by atoms with Crippen LogP contribution < -0.4 is 15.8 Å². The number of nitrogens with zero attached hydrogens (tertiary/aromatic N) is 2. The van der Waals surface area contributed by atoms with Crippen molar-refractivity contribution in [3.05, 3.63) is 72.3 Å². The number of carbonyl (C=O) groups is 1. The van der Waals surface area contributed by atoms with E-state index < -0.39 is 17.7 Å². The van der Waals surface area contributed by atoms with Gasteiger partial charge in [0.05, 0.1) is 30.3 Å². The summed E-state index contributed by atoms with van der Waals surface area (Å²) < 4.78 is 44.7. The lowest BCUT2D eigenvalue weighted by molar-refractivity contribution is -0.0688. The number of anilines is 1. The molecule has 3 aromatic rings. The van der Waals surface area contributed by atoms with Gasteiger partial charge in [-0.2, -0.15) is 13.2 Å². The maximum atomic E-state index is 13.2. The van der Waals surface area contributed by atoms with Crippen LogP contribution in [0.3, 0.4) is 0 Å². The number of methoxy groups -OCH3 is 1. The predicted octanol–water partition coefficient (Wildman–Crippen LogP) is 4.24. The normalized spacial score (nSPS) is 11.6. The molecule has 0 bridgehead atoms. The molecule has 1 amide bonds. The lowest BCUT2D eigenvalue weighted by Gasteiger charge is -2.14. The number of carbonyl (C=O) groups excluding carboxylic acids is 1. The van der Waals surface area contributed by atoms with Crippen LogP contribution in [0.2, 0.25) is 0 Å². The van der Waals surface area contributed by atoms with Crippen molar-refractivity contribution in [3.8, 4) is 5.75 Å². The van der Waals surface area contributed by atoms with Crippen molar-refractivity contribution in [3.63, 3.8) is 0 Å². The van der Waals surface area contributed by atoms with Crippen molar-refractivity contribution in [1.29, 1.82) is 0 Å². The number of amides is 1. The Morgan fingerprint density at radius 3 is 2.68 bits per heavy atom. The highest BCUT2D eigenvalue weighted by molar-refractivity contribution is 6.00. The van der Waals surface area contributed by atoms with E-state index in [1.54, 1.807) is 30.3 Å². The molecule has 0 aliphatic rings. The average Bonchev–Trinajstić information content (AvgIpc) is 2.75. The van der Waals surface area contributed by atoms with Gasteiger partial charge in [0.2, 0.25) is 0 Å². The number of hydrogen-bond acceptors (Lipinski definition) is 5. The molecule has 0 radical (unpaired) electrons. The number of nitrogen functional groups attached to an aromatic ring is 1. The summed E-state index contributed by atoms with van der Waals surface area (Å²) in [6.07, 6.45) is -0.148. The molecule has 1 aromatic carbocycles. The first-order chi connectivity index (χ1) is 14.7. The fraction of sp³-hybridized carbons (Fsp3) is 0.136. The van der Waals surface area contributed by atoms with Gasteiger partial charge in [-0.3, -0.25) is 4.79 Å². The first kappa shape index (κ1) is 21.8. The van der Waals surface area contributed by atoms with E-state index in [0.717, 1.165) is 0 Å². The first-order valence-electron chi connectivity index (χ1n) is 9.11. The Hall–Kier alpha value is -3.88. The fourth-order valence-electron chi connectivity index (χ4n) is 2.83. The first-order valence-corrected chi connectivity index (χ1v) is 9.11. The zero-order valence-electron chi connectivity index (χ0n) is 16.5. The third kappa shape index (κ3) is 5.00. The summed E-state index contributed by atoms with van der Waals surface area (Å²) in [5, 5.41) is 3.33. The zero-order chi connectivity index (χ0) is 22.6. The van der Waals surface area contributed by atoms with Crippen LogP contribution in [0.1, 0.15) is 21.9 Å². The Morgan fingerprint density at radius 2 is 2.03 bits per heavy atom. The van der Waals surface area contributed by atoms with Gasteiger partial charge in [0.1, 0.15) is 11.4 Å². The minimum Gasteiger partial charge on any atom is -0.495 e. The Bertz CT molecular complexity index is 1160. The average molecular weight is 428 g/mol. The van der Waals surface area contributed by atoms with Crippen molar-refractivity contribution < 1.29 is 22.7 Å². The molecule has 2 aromatic heterocycles. The molecule has 0 fully saturated rings. The van der Waals surface area contributed by atoms with Crippen LogP contribution >= 0.6 is 0 Å². The number of alkyl halides is 3. The van der Waals surface area contributed by atoms with Gasteiger partial charge >= 0.3 is 6.18 Å². The summed E-state index contributed by atoms with van der Waals surface area (Å²) in [7, 11) is 1.49. The minimum atomic E-state index is -4.63. The van der Waals surface area contributed by atoms with Gasteiger partial charge in [0, 0.05) is 23.0 Å². The molecule has 0 unspecified atom stereocenters. The van der Waals surface area contributed by atoms with Crippen LogP contribution in [0.25, 0.3) is 22.4 Å². The Labute approximate surface area is 176 Å². The zero-order valence-corrected chi connectivity index (χ0v) is 16.5. The molecule has 3 rings (SSSR count). The number of fused-ring (bicyclic) bond motifs is 1. The van der Waals surface area contributed by atoms with Gasteiger partial charge in [-0.1, -0.05) is 24.8 Å². The van der Waals surface area contributed by atoms with E-state index in [0.29, 0.717) is 16.8 Å². The van der Waals surface area contributed by atoms with Crippen molar-refractivity contribution in [2.24, 2.45) is 0 Å². The third-order valence-corrected chi connectivity index (χ3v) is 4.43. The van der Waals surface area contributed by atoms with Gasteiger partial charge in [0.15, 0.2) is 0 Å². The molecule has 0 atom stereocenters. The van der Waals surface area contributed by atoms with Gasteiger partial charge in [0.25, 0.3) is 5.91 Å². The molecule has 6 nitrogen and oxygen atoms in total. The van der Waals surface area contributed by atoms with Crippen molar-refractivity contribution in [1.82, 2.24) is 15.3 Å². The largest absolute Gasteiger partial charge is 0.495 e. The van der Waals surface area contributed by atoms with E-state index in [2.05, 4.69) is 21.9 Å². The molecule has 0 aliphatic carbocycles. The van der Waals surface area contributed by atoms with Crippen LogP contribution in [0.4, 0.5) is 18.9 Å². The second-order valence-corrected chi connectivity index (χ2v) is 6.51. The monoisotopic (exact) mass is 428 g/mol. The molecule has 9 heteroatoms. The summed E-state index contributed by atoms with van der Waals surface area (Å²) in [4.78, 5) is 20.2. The smallest absolute Gasteiger partial charge is 0.417 e. The number of allylic oxidation sites excluding steroid dienone is 1. The third-order valence-electron chi connectivity index (χ3n) is 4.43. The van der Waals surface area contributed by atoms with Gasteiger partial charge < -0.3 is 15.8 Å². The van der Waals surface area contributed by atoms with E-state index >= 15 is 0 Å². The predicted molar refractivity (Wildman–Crippen MR) is 113 cm³/mol. The molecule has 0 saturated carbocycles. The topological polar surface area (TPSA) is 90.1 Å². The number of ether oxygens (including phenoxy) is 1. The summed E-state index contributed by atoms with van der Waals surface area (Å²) in [5.41, 5.74) is 5.38. The fourth-order valence-corrected chi connectivity index (χ4v) is 2.83. The molecule has 31 heavy (non-hydrogen) atoms. The van der Waals surface area contributed by atoms with E-state index in [-0.39, 0.29) is 29.0 Å².